The Bertz CT molecular complexity index is 705. The molecule has 1 unspecified atom stereocenters. The summed E-state index contributed by atoms with van der Waals surface area (Å²) in [5, 5.41) is 4.13. The fraction of sp³-hybridized carbons (Fsp3) is 0.588. The van der Waals surface area contributed by atoms with E-state index in [0.717, 1.165) is 35.7 Å². The van der Waals surface area contributed by atoms with Gasteiger partial charge in [0.2, 0.25) is 5.89 Å². The van der Waals surface area contributed by atoms with Crippen molar-refractivity contribution in [3.63, 3.8) is 0 Å². The Morgan fingerprint density at radius 3 is 2.83 bits per heavy atom. The average molecular weight is 333 g/mol. The summed E-state index contributed by atoms with van der Waals surface area (Å²) in [6, 6.07) is 2.00. The largest absolute Gasteiger partial charge is 0.339 e. The minimum absolute atomic E-state index is 0.129. The maximum Gasteiger partial charge on any atom is 0.255 e. The summed E-state index contributed by atoms with van der Waals surface area (Å²) in [4.78, 5) is 21.5. The molecule has 0 bridgehead atoms. The van der Waals surface area contributed by atoms with Crippen molar-refractivity contribution in [2.45, 2.75) is 52.4 Å². The quantitative estimate of drug-likeness (QED) is 0.855. The Morgan fingerprint density at radius 1 is 1.43 bits per heavy atom. The molecule has 0 N–H and O–H groups in total. The highest BCUT2D eigenvalue weighted by Gasteiger charge is 2.29. The van der Waals surface area contributed by atoms with Gasteiger partial charge >= 0.3 is 0 Å². The van der Waals surface area contributed by atoms with Crippen molar-refractivity contribution in [1.29, 1.82) is 0 Å². The Hall–Kier alpha value is -1.69. The first kappa shape index (κ1) is 16.2. The molecule has 0 saturated carbocycles. The van der Waals surface area contributed by atoms with Crippen LogP contribution in [0.3, 0.4) is 0 Å². The molecule has 1 saturated heterocycles. The van der Waals surface area contributed by atoms with E-state index in [1.807, 2.05) is 38.7 Å². The number of amides is 1. The number of aryl methyl sites for hydroxylation is 2. The molecule has 1 aliphatic rings. The lowest BCUT2D eigenvalue weighted by Crippen LogP contribution is -2.39. The number of rotatable bonds is 3. The van der Waals surface area contributed by atoms with Crippen LogP contribution < -0.4 is 0 Å². The molecule has 0 aromatic carbocycles. The number of piperidine rings is 1. The smallest absolute Gasteiger partial charge is 0.255 e. The van der Waals surface area contributed by atoms with Crippen LogP contribution >= 0.6 is 11.3 Å². The van der Waals surface area contributed by atoms with Crippen LogP contribution in [0.25, 0.3) is 0 Å². The lowest BCUT2D eigenvalue weighted by atomic mass is 9.96. The predicted molar refractivity (Wildman–Crippen MR) is 90.1 cm³/mol. The fourth-order valence-electron chi connectivity index (χ4n) is 3.03. The number of aromatic nitrogens is 2. The van der Waals surface area contributed by atoms with Gasteiger partial charge in [-0.15, -0.1) is 11.3 Å². The fourth-order valence-corrected chi connectivity index (χ4v) is 3.95. The van der Waals surface area contributed by atoms with E-state index >= 15 is 0 Å². The topological polar surface area (TPSA) is 59.2 Å². The summed E-state index contributed by atoms with van der Waals surface area (Å²) in [6.07, 6.45) is 1.98. The lowest BCUT2D eigenvalue weighted by Gasteiger charge is -2.31. The Morgan fingerprint density at radius 2 is 2.22 bits per heavy atom. The van der Waals surface area contributed by atoms with Gasteiger partial charge in [0.05, 0.1) is 5.56 Å². The van der Waals surface area contributed by atoms with Crippen LogP contribution in [0.4, 0.5) is 0 Å². The van der Waals surface area contributed by atoms with Crippen molar-refractivity contribution in [2.75, 3.05) is 13.1 Å². The second-order valence-electron chi connectivity index (χ2n) is 6.56. The molecule has 6 heteroatoms. The van der Waals surface area contributed by atoms with Crippen molar-refractivity contribution < 1.29 is 9.32 Å². The second-order valence-corrected chi connectivity index (χ2v) is 8.02. The molecular weight excluding hydrogens is 310 g/mol. The molecule has 3 heterocycles. The van der Waals surface area contributed by atoms with Crippen molar-refractivity contribution in [3.05, 3.63) is 33.1 Å². The predicted octanol–water partition coefficient (Wildman–Crippen LogP) is 3.89. The van der Waals surface area contributed by atoms with Gasteiger partial charge < -0.3 is 9.42 Å². The third-order valence-corrected chi connectivity index (χ3v) is 5.26. The molecular formula is C17H23N3O2S. The molecule has 2 aromatic heterocycles. The zero-order chi connectivity index (χ0) is 16.6. The summed E-state index contributed by atoms with van der Waals surface area (Å²) in [6.45, 7) is 9.61. The second kappa shape index (κ2) is 6.43. The molecule has 2 aromatic rings. The molecule has 0 radical (unpaired) electrons. The summed E-state index contributed by atoms with van der Waals surface area (Å²) in [5.74, 6) is 1.94. The van der Waals surface area contributed by atoms with Gasteiger partial charge in [0.1, 0.15) is 0 Å². The van der Waals surface area contributed by atoms with Gasteiger partial charge in [0.15, 0.2) is 5.82 Å². The van der Waals surface area contributed by atoms with Crippen LogP contribution in [0.2, 0.25) is 0 Å². The van der Waals surface area contributed by atoms with E-state index in [-0.39, 0.29) is 17.7 Å². The zero-order valence-electron chi connectivity index (χ0n) is 14.1. The van der Waals surface area contributed by atoms with Crippen molar-refractivity contribution in [3.8, 4) is 0 Å². The van der Waals surface area contributed by atoms with E-state index in [1.165, 1.54) is 4.88 Å². The van der Waals surface area contributed by atoms with Gasteiger partial charge in [-0.2, -0.15) is 4.98 Å². The summed E-state index contributed by atoms with van der Waals surface area (Å²) in [5.41, 5.74) is 0.837. The summed E-state index contributed by atoms with van der Waals surface area (Å²) < 4.78 is 5.32. The molecule has 5 nitrogen and oxygen atoms in total. The Balaban J connectivity index is 1.75. The van der Waals surface area contributed by atoms with E-state index in [4.69, 9.17) is 4.52 Å². The van der Waals surface area contributed by atoms with Crippen LogP contribution in [0.1, 0.15) is 70.4 Å². The number of hydrogen-bond donors (Lipinski definition) is 0. The maximum absolute atomic E-state index is 12.8. The minimum Gasteiger partial charge on any atom is -0.339 e. The van der Waals surface area contributed by atoms with Gasteiger partial charge in [-0.05, 0) is 32.8 Å². The first-order chi connectivity index (χ1) is 11.0. The number of nitrogens with zero attached hydrogens (tertiary/aromatic N) is 3. The van der Waals surface area contributed by atoms with Crippen LogP contribution in [0.15, 0.2) is 10.6 Å². The molecule has 124 valence electrons. The third-order valence-electron chi connectivity index (χ3n) is 4.30. The molecule has 3 rings (SSSR count). The van der Waals surface area contributed by atoms with Crippen molar-refractivity contribution in [2.24, 2.45) is 0 Å². The molecule has 1 fully saturated rings. The first-order valence-electron chi connectivity index (χ1n) is 8.15. The highest BCUT2D eigenvalue weighted by Crippen LogP contribution is 2.29. The van der Waals surface area contributed by atoms with E-state index in [1.54, 1.807) is 11.3 Å². The minimum atomic E-state index is 0.129. The number of thiophene rings is 1. The standard InChI is InChI=1S/C17H23N3O2S/c1-10(2)16-18-15(19-22-16)13-6-5-7-20(9-13)17(21)14-8-11(3)23-12(14)4/h8,10,13H,5-7,9H2,1-4H3. The molecule has 23 heavy (non-hydrogen) atoms. The van der Waals surface area contributed by atoms with Crippen molar-refractivity contribution >= 4 is 17.2 Å². The highest BCUT2D eigenvalue weighted by molar-refractivity contribution is 7.12. The normalized spacial score (nSPS) is 18.7. The van der Waals surface area contributed by atoms with Gasteiger partial charge in [-0.25, -0.2) is 0 Å². The SMILES string of the molecule is Cc1cc(C(=O)N2CCCC(c3noc(C(C)C)n3)C2)c(C)s1. The van der Waals surface area contributed by atoms with Crippen molar-refractivity contribution in [1.82, 2.24) is 15.0 Å². The van der Waals surface area contributed by atoms with E-state index < -0.39 is 0 Å². The highest BCUT2D eigenvalue weighted by atomic mass is 32.1. The number of hydrogen-bond acceptors (Lipinski definition) is 5. The lowest BCUT2D eigenvalue weighted by molar-refractivity contribution is 0.0703. The van der Waals surface area contributed by atoms with Gasteiger partial charge in [-0.1, -0.05) is 19.0 Å². The number of carbonyl (C=O) groups is 1. The summed E-state index contributed by atoms with van der Waals surface area (Å²) >= 11 is 1.68. The monoisotopic (exact) mass is 333 g/mol. The zero-order valence-corrected chi connectivity index (χ0v) is 14.9. The van der Waals surface area contributed by atoms with Crippen LogP contribution in [-0.4, -0.2) is 34.0 Å². The number of likely N-dealkylation sites (tertiary alicyclic amines) is 1. The average Bonchev–Trinajstić information content (AvgIpc) is 3.13. The molecule has 1 amide bonds. The first-order valence-corrected chi connectivity index (χ1v) is 8.97. The Labute approximate surface area is 140 Å². The van der Waals surface area contributed by atoms with E-state index in [0.29, 0.717) is 12.4 Å². The van der Waals surface area contributed by atoms with Gasteiger partial charge in [-0.3, -0.25) is 4.79 Å². The third kappa shape index (κ3) is 3.32. The summed E-state index contributed by atoms with van der Waals surface area (Å²) in [7, 11) is 0. The molecule has 0 aliphatic carbocycles. The molecule has 1 atom stereocenters. The molecule has 1 aliphatic heterocycles. The van der Waals surface area contributed by atoms with Gasteiger partial charge in [0.25, 0.3) is 5.91 Å². The number of carbonyl (C=O) groups excluding carboxylic acids is 1. The van der Waals surface area contributed by atoms with Gasteiger partial charge in [0, 0.05) is 34.7 Å². The van der Waals surface area contributed by atoms with E-state index in [9.17, 15) is 4.79 Å². The van der Waals surface area contributed by atoms with E-state index in [2.05, 4.69) is 10.1 Å². The van der Waals surface area contributed by atoms with Crippen LogP contribution in [-0.2, 0) is 0 Å². The Kier molecular flexibility index (Phi) is 4.53. The van der Waals surface area contributed by atoms with Crippen LogP contribution in [0, 0.1) is 13.8 Å². The molecule has 0 spiro atoms. The van der Waals surface area contributed by atoms with Crippen LogP contribution in [0.5, 0.6) is 0 Å². The maximum atomic E-state index is 12.8.